The summed E-state index contributed by atoms with van der Waals surface area (Å²) in [6, 6.07) is 4.88. The van der Waals surface area contributed by atoms with E-state index in [4.69, 9.17) is 10.8 Å². The number of nitrogens with two attached hydrogens (primary N) is 1. The van der Waals surface area contributed by atoms with Crippen LogP contribution >= 0.6 is 11.8 Å². The molecule has 0 bridgehead atoms. The van der Waals surface area contributed by atoms with Gasteiger partial charge in [0.1, 0.15) is 23.9 Å². The standard InChI is InChI=1S/C43H66N6O10S/c1-25(2)31(48(10)39(55)35(42(4,5)6)47-37(53)34(45-9)43(7,8)27-16-12-11-13-17-27)22-26(3)36(52)46-30(41(58)59)20-19-28(50)18-14-15-21-49-33(51)23-32(38(49)54)60-24-29(44)40(56)57/h11-13,16-17,22,25,29-32,34-35,45H,14-15,18-21,23-24,44H2,1-10H3,(H,46,52)(H,47,53)(H,56,57)(H,58,59)/b26-22+/t29-,30+,31+,32?,34+,35+/m0/s1. The monoisotopic (exact) mass is 858 g/mol. The van der Waals surface area contributed by atoms with Gasteiger partial charge in [0, 0.05) is 49.6 Å². The number of carbonyl (C=O) groups is 8. The third-order valence-electron chi connectivity index (χ3n) is 10.8. The van der Waals surface area contributed by atoms with Gasteiger partial charge in [0.2, 0.25) is 29.5 Å². The Morgan fingerprint density at radius 2 is 1.57 bits per heavy atom. The number of amides is 5. The topological polar surface area (TPSA) is 246 Å². The number of unbranched alkanes of at least 4 members (excludes halogenated alkanes) is 1. The lowest BCUT2D eigenvalue weighted by Crippen LogP contribution is -2.61. The summed E-state index contributed by atoms with van der Waals surface area (Å²) in [6.45, 7) is 14.9. The van der Waals surface area contributed by atoms with Crippen LogP contribution in [-0.4, -0.2) is 129 Å². The Morgan fingerprint density at radius 3 is 2.10 bits per heavy atom. The summed E-state index contributed by atoms with van der Waals surface area (Å²) < 4.78 is 0. The fourth-order valence-electron chi connectivity index (χ4n) is 7.02. The minimum atomic E-state index is -1.37. The molecule has 5 amide bonds. The number of rotatable bonds is 24. The molecule has 0 spiro atoms. The van der Waals surface area contributed by atoms with Crippen LogP contribution in [0.3, 0.4) is 0 Å². The first-order chi connectivity index (χ1) is 27.8. The molecular formula is C43H66N6O10S. The molecule has 1 heterocycles. The molecule has 1 aromatic rings. The van der Waals surface area contributed by atoms with Crippen LogP contribution in [0, 0.1) is 11.3 Å². The first-order valence-corrected chi connectivity index (χ1v) is 21.4. The first-order valence-electron chi connectivity index (χ1n) is 20.3. The highest BCUT2D eigenvalue weighted by Gasteiger charge is 2.42. The van der Waals surface area contributed by atoms with E-state index >= 15 is 0 Å². The zero-order valence-electron chi connectivity index (χ0n) is 36.7. The van der Waals surface area contributed by atoms with Gasteiger partial charge in [-0.15, -0.1) is 11.8 Å². The van der Waals surface area contributed by atoms with Gasteiger partial charge in [0.05, 0.1) is 17.3 Å². The van der Waals surface area contributed by atoms with Crippen LogP contribution in [0.2, 0.25) is 0 Å². The van der Waals surface area contributed by atoms with Crippen molar-refractivity contribution in [3.8, 4) is 0 Å². The van der Waals surface area contributed by atoms with Gasteiger partial charge in [0.25, 0.3) is 0 Å². The smallest absolute Gasteiger partial charge is 0.326 e. The van der Waals surface area contributed by atoms with Crippen molar-refractivity contribution < 1.29 is 48.6 Å². The maximum atomic E-state index is 14.2. The molecule has 17 heteroatoms. The largest absolute Gasteiger partial charge is 0.480 e. The van der Waals surface area contributed by atoms with E-state index in [9.17, 15) is 43.5 Å². The van der Waals surface area contributed by atoms with Crippen molar-refractivity contribution in [2.24, 2.45) is 17.1 Å². The number of hydrogen-bond acceptors (Lipinski definition) is 11. The molecule has 1 unspecified atom stereocenters. The van der Waals surface area contributed by atoms with Gasteiger partial charge in [0.15, 0.2) is 0 Å². The van der Waals surface area contributed by atoms with Crippen LogP contribution in [0.1, 0.15) is 99.5 Å². The highest BCUT2D eigenvalue weighted by Crippen LogP contribution is 2.30. The first kappa shape index (κ1) is 51.5. The number of carbonyl (C=O) groups excluding carboxylic acids is 6. The van der Waals surface area contributed by atoms with Crippen LogP contribution in [0.15, 0.2) is 42.0 Å². The molecule has 1 fully saturated rings. The van der Waals surface area contributed by atoms with E-state index in [1.165, 1.54) is 11.8 Å². The summed E-state index contributed by atoms with van der Waals surface area (Å²) in [5.41, 5.74) is 5.29. The predicted molar refractivity (Wildman–Crippen MR) is 230 cm³/mol. The van der Waals surface area contributed by atoms with Crippen molar-refractivity contribution in [2.45, 2.75) is 135 Å². The van der Waals surface area contributed by atoms with E-state index in [-0.39, 0.29) is 73.0 Å². The SMILES string of the molecule is CN[C@H](C(=O)N[C@H](C(=O)N(C)[C@H](/C=C(\C)C(=O)N[C@H](CCC(=O)CCCCN1C(=O)CC(SC[C@H](N)C(=O)O)C1=O)C(=O)O)C(C)C)C(C)(C)C)C(C)(C)c1ccccc1. The minimum absolute atomic E-state index is 0.0147. The summed E-state index contributed by atoms with van der Waals surface area (Å²) >= 11 is 1.02. The molecule has 1 aliphatic heterocycles. The Kier molecular flexibility index (Phi) is 19.6. The van der Waals surface area contributed by atoms with Crippen molar-refractivity contribution in [3.63, 3.8) is 0 Å². The molecule has 0 aliphatic carbocycles. The van der Waals surface area contributed by atoms with Crippen LogP contribution < -0.4 is 21.7 Å². The summed E-state index contributed by atoms with van der Waals surface area (Å²) in [5, 5.41) is 26.8. The number of nitrogens with one attached hydrogen (secondary N) is 3. The molecule has 2 rings (SSSR count). The number of benzene rings is 1. The lowest BCUT2D eigenvalue weighted by molar-refractivity contribution is -0.141. The quantitative estimate of drug-likeness (QED) is 0.0498. The molecule has 6 atom stereocenters. The van der Waals surface area contributed by atoms with Crippen molar-refractivity contribution >= 4 is 59.0 Å². The second-order valence-corrected chi connectivity index (χ2v) is 18.6. The van der Waals surface area contributed by atoms with Gasteiger partial charge < -0.3 is 36.8 Å². The molecule has 16 nitrogen and oxygen atoms in total. The zero-order chi connectivity index (χ0) is 45.7. The number of thioether (sulfide) groups is 1. The van der Waals surface area contributed by atoms with Crippen LogP contribution in [0.5, 0.6) is 0 Å². The molecule has 0 radical (unpaired) electrons. The molecule has 0 saturated carbocycles. The number of carboxylic acid groups (broad SMARTS) is 2. The Balaban J connectivity index is 2.03. The number of likely N-dealkylation sites (N-methyl/N-ethyl adjacent to an activating group) is 2. The Labute approximate surface area is 358 Å². The third kappa shape index (κ3) is 14.5. The van der Waals surface area contributed by atoms with Crippen molar-refractivity contribution in [1.29, 1.82) is 0 Å². The predicted octanol–water partition coefficient (Wildman–Crippen LogP) is 2.87. The van der Waals surface area contributed by atoms with Gasteiger partial charge in [-0.25, -0.2) is 4.79 Å². The molecule has 1 aromatic carbocycles. The zero-order valence-corrected chi connectivity index (χ0v) is 37.5. The number of likely N-dealkylation sites (tertiary alicyclic amines) is 1. The van der Waals surface area contributed by atoms with Gasteiger partial charge in [-0.3, -0.25) is 38.5 Å². The highest BCUT2D eigenvalue weighted by atomic mass is 32.2. The number of carboxylic acids is 2. The van der Waals surface area contributed by atoms with Gasteiger partial charge >= 0.3 is 11.9 Å². The maximum absolute atomic E-state index is 14.2. The Morgan fingerprint density at radius 1 is 0.950 bits per heavy atom. The third-order valence-corrected chi connectivity index (χ3v) is 12.2. The van der Waals surface area contributed by atoms with Gasteiger partial charge in [-0.1, -0.05) is 84.9 Å². The molecule has 1 saturated heterocycles. The number of ketones is 1. The van der Waals surface area contributed by atoms with Crippen LogP contribution in [0.4, 0.5) is 0 Å². The van der Waals surface area contributed by atoms with E-state index < -0.39 is 70.0 Å². The van der Waals surface area contributed by atoms with Crippen molar-refractivity contribution in [1.82, 2.24) is 25.8 Å². The Bertz CT molecular complexity index is 1740. The van der Waals surface area contributed by atoms with Crippen molar-refractivity contribution in [2.75, 3.05) is 26.4 Å². The van der Waals surface area contributed by atoms with Crippen LogP contribution in [-0.2, 0) is 43.8 Å². The average molecular weight is 859 g/mol. The summed E-state index contributed by atoms with van der Waals surface area (Å²) in [4.78, 5) is 105. The van der Waals surface area contributed by atoms with Gasteiger partial charge in [-0.2, -0.15) is 0 Å². The fraction of sp³-hybridized carbons (Fsp3) is 0.628. The molecule has 7 N–H and O–H groups in total. The normalized spacial score (nSPS) is 17.4. The molecule has 0 aromatic heterocycles. The van der Waals surface area contributed by atoms with Crippen LogP contribution in [0.25, 0.3) is 0 Å². The lowest BCUT2D eigenvalue weighted by Gasteiger charge is -2.40. The number of hydrogen-bond donors (Lipinski definition) is 6. The Hall–Kier alpha value is -4.61. The molecule has 60 heavy (non-hydrogen) atoms. The molecule has 1 aliphatic rings. The molecular weight excluding hydrogens is 793 g/mol. The summed E-state index contributed by atoms with van der Waals surface area (Å²) in [6.07, 6.45) is 2.01. The van der Waals surface area contributed by atoms with E-state index in [2.05, 4.69) is 16.0 Å². The second-order valence-electron chi connectivity index (χ2n) is 17.4. The van der Waals surface area contributed by atoms with E-state index in [0.717, 1.165) is 22.2 Å². The van der Waals surface area contributed by atoms with E-state index in [0.29, 0.717) is 12.8 Å². The van der Waals surface area contributed by atoms with Crippen molar-refractivity contribution in [3.05, 3.63) is 47.5 Å². The number of imide groups is 1. The fourth-order valence-corrected chi connectivity index (χ4v) is 8.14. The summed E-state index contributed by atoms with van der Waals surface area (Å²) in [5.74, 6) is -5.16. The maximum Gasteiger partial charge on any atom is 0.326 e. The van der Waals surface area contributed by atoms with E-state index in [1.807, 2.05) is 78.8 Å². The number of Topliss-reactive ketones (excluding diaryl/α,β-unsaturated/α-hetero) is 1. The minimum Gasteiger partial charge on any atom is -0.480 e. The van der Waals surface area contributed by atoms with E-state index in [1.54, 1.807) is 20.2 Å². The average Bonchev–Trinajstić information content (AvgIpc) is 3.44. The summed E-state index contributed by atoms with van der Waals surface area (Å²) in [7, 11) is 3.30. The molecule has 334 valence electrons. The number of aliphatic carboxylic acids is 2. The number of nitrogens with zero attached hydrogens (tertiary/aromatic N) is 2. The lowest BCUT2D eigenvalue weighted by atomic mass is 9.76. The highest BCUT2D eigenvalue weighted by molar-refractivity contribution is 8.00. The second kappa shape index (κ2) is 22.8. The van der Waals surface area contributed by atoms with Gasteiger partial charge in [-0.05, 0) is 50.1 Å².